The lowest BCUT2D eigenvalue weighted by Gasteiger charge is -2.22. The van der Waals surface area contributed by atoms with Crippen molar-refractivity contribution in [3.05, 3.63) is 58.7 Å². The van der Waals surface area contributed by atoms with Crippen LogP contribution < -0.4 is 14.8 Å². The van der Waals surface area contributed by atoms with Gasteiger partial charge in [-0.25, -0.2) is 13.6 Å². The number of carbonyl (C=O) groups is 1. The van der Waals surface area contributed by atoms with Gasteiger partial charge >= 0.3 is 6.03 Å². The molecule has 8 heteroatoms. The highest BCUT2D eigenvalue weighted by Crippen LogP contribution is 2.29. The van der Waals surface area contributed by atoms with Crippen molar-refractivity contribution in [3.63, 3.8) is 0 Å². The second kappa shape index (κ2) is 8.22. The summed E-state index contributed by atoms with van der Waals surface area (Å²) in [5, 5.41) is 2.71. The molecule has 0 bridgehead atoms. The molecule has 0 unspecified atom stereocenters. The Morgan fingerprint density at radius 3 is 2.85 bits per heavy atom. The number of nitrogens with zero attached hydrogens (tertiary/aromatic N) is 1. The normalized spacial score (nSPS) is 12.7. The van der Waals surface area contributed by atoms with Gasteiger partial charge in [0.25, 0.3) is 0 Å². The van der Waals surface area contributed by atoms with Crippen LogP contribution in [-0.2, 0) is 24.4 Å². The Balaban J connectivity index is 1.62. The first-order valence-electron chi connectivity index (χ1n) is 8.31. The fraction of sp³-hybridized carbons (Fsp3) is 0.316. The smallest absolute Gasteiger partial charge is 0.317 e. The number of carbonyl (C=O) groups excluding carboxylic acids is 1. The highest BCUT2D eigenvalue weighted by Gasteiger charge is 2.18. The summed E-state index contributed by atoms with van der Waals surface area (Å²) in [6, 6.07) is 6.81. The van der Waals surface area contributed by atoms with Crippen LogP contribution in [0.5, 0.6) is 11.5 Å². The summed E-state index contributed by atoms with van der Waals surface area (Å²) in [7, 11) is 2.97. The van der Waals surface area contributed by atoms with E-state index in [1.807, 2.05) is 0 Å². The van der Waals surface area contributed by atoms with E-state index in [-0.39, 0.29) is 38.3 Å². The van der Waals surface area contributed by atoms with Gasteiger partial charge in [0.15, 0.2) is 18.4 Å². The molecule has 0 aliphatic carbocycles. The SMILES string of the molecule is COc1ccc(CN(C)C(=O)NCc2cc(F)cc3c2OCOC3)cc1F. The van der Waals surface area contributed by atoms with E-state index < -0.39 is 11.6 Å². The van der Waals surface area contributed by atoms with Gasteiger partial charge in [-0.15, -0.1) is 0 Å². The Labute approximate surface area is 155 Å². The third-order valence-corrected chi connectivity index (χ3v) is 4.16. The molecule has 0 saturated heterocycles. The monoisotopic (exact) mass is 378 g/mol. The predicted octanol–water partition coefficient (Wildman–Crippen LogP) is 3.18. The van der Waals surface area contributed by atoms with E-state index in [0.29, 0.717) is 22.4 Å². The molecular weight excluding hydrogens is 358 g/mol. The zero-order valence-electron chi connectivity index (χ0n) is 15.1. The number of methoxy groups -OCH3 is 1. The van der Waals surface area contributed by atoms with E-state index in [1.54, 1.807) is 13.1 Å². The molecular formula is C19H20F2N2O4. The van der Waals surface area contributed by atoms with Crippen molar-refractivity contribution in [2.75, 3.05) is 21.0 Å². The molecule has 1 aliphatic rings. The topological polar surface area (TPSA) is 60.0 Å². The molecule has 6 nitrogen and oxygen atoms in total. The molecule has 0 fully saturated rings. The average molecular weight is 378 g/mol. The number of benzene rings is 2. The molecule has 0 radical (unpaired) electrons. The Morgan fingerprint density at radius 2 is 2.11 bits per heavy atom. The first kappa shape index (κ1) is 18.9. The summed E-state index contributed by atoms with van der Waals surface area (Å²) in [6.45, 7) is 0.651. The van der Waals surface area contributed by atoms with Crippen molar-refractivity contribution in [1.82, 2.24) is 10.2 Å². The summed E-state index contributed by atoms with van der Waals surface area (Å²) < 4.78 is 43.0. The van der Waals surface area contributed by atoms with E-state index in [1.165, 1.54) is 36.3 Å². The van der Waals surface area contributed by atoms with Gasteiger partial charge in [-0.2, -0.15) is 0 Å². The van der Waals surface area contributed by atoms with E-state index in [9.17, 15) is 13.6 Å². The standard InChI is InChI=1S/C19H20F2N2O4/c1-23(9-12-3-4-17(25-2)16(21)5-12)19(24)22-8-13-6-15(20)7-14-10-26-11-27-18(13)14/h3-7H,8-11H2,1-2H3,(H,22,24). The third-order valence-electron chi connectivity index (χ3n) is 4.16. The quantitative estimate of drug-likeness (QED) is 0.868. The van der Waals surface area contributed by atoms with Crippen molar-refractivity contribution >= 4 is 6.03 Å². The Bertz CT molecular complexity index is 845. The minimum Gasteiger partial charge on any atom is -0.494 e. The molecule has 0 aromatic heterocycles. The average Bonchev–Trinajstić information content (AvgIpc) is 2.65. The fourth-order valence-corrected chi connectivity index (χ4v) is 2.85. The largest absolute Gasteiger partial charge is 0.494 e. The summed E-state index contributed by atoms with van der Waals surface area (Å²) in [6.07, 6.45) is 0. The molecule has 27 heavy (non-hydrogen) atoms. The highest BCUT2D eigenvalue weighted by molar-refractivity contribution is 5.74. The number of rotatable bonds is 5. The van der Waals surface area contributed by atoms with Crippen LogP contribution in [0.25, 0.3) is 0 Å². The summed E-state index contributed by atoms with van der Waals surface area (Å²) in [4.78, 5) is 13.7. The molecule has 0 spiro atoms. The van der Waals surface area contributed by atoms with Gasteiger partial charge in [-0.1, -0.05) is 6.07 Å². The lowest BCUT2D eigenvalue weighted by molar-refractivity contribution is -0.0173. The van der Waals surface area contributed by atoms with Crippen LogP contribution in [0.4, 0.5) is 13.6 Å². The maximum absolute atomic E-state index is 13.8. The predicted molar refractivity (Wildman–Crippen MR) is 93.3 cm³/mol. The Morgan fingerprint density at radius 1 is 1.30 bits per heavy atom. The van der Waals surface area contributed by atoms with E-state index >= 15 is 0 Å². The third kappa shape index (κ3) is 4.46. The van der Waals surface area contributed by atoms with Crippen LogP contribution in [0.3, 0.4) is 0 Å². The van der Waals surface area contributed by atoms with Gasteiger partial charge in [-0.05, 0) is 29.8 Å². The number of ether oxygens (including phenoxy) is 3. The Hall–Kier alpha value is -2.87. The van der Waals surface area contributed by atoms with Gasteiger partial charge in [-0.3, -0.25) is 0 Å². The minimum atomic E-state index is -0.491. The van der Waals surface area contributed by atoms with Crippen LogP contribution in [0.2, 0.25) is 0 Å². The van der Waals surface area contributed by atoms with E-state index in [4.69, 9.17) is 14.2 Å². The van der Waals surface area contributed by atoms with Crippen molar-refractivity contribution in [2.45, 2.75) is 19.7 Å². The molecule has 1 aliphatic heterocycles. The number of halogens is 2. The second-order valence-electron chi connectivity index (χ2n) is 6.15. The maximum atomic E-state index is 13.8. The molecule has 0 saturated carbocycles. The van der Waals surface area contributed by atoms with Gasteiger partial charge in [0.1, 0.15) is 11.6 Å². The van der Waals surface area contributed by atoms with Gasteiger partial charge in [0.2, 0.25) is 0 Å². The number of amides is 2. The van der Waals surface area contributed by atoms with Crippen LogP contribution in [0, 0.1) is 11.6 Å². The van der Waals surface area contributed by atoms with Crippen molar-refractivity contribution < 1.29 is 27.8 Å². The fourth-order valence-electron chi connectivity index (χ4n) is 2.85. The van der Waals surface area contributed by atoms with Gasteiger partial charge in [0.05, 0.1) is 13.7 Å². The number of fused-ring (bicyclic) bond motifs is 1. The number of hydrogen-bond donors (Lipinski definition) is 1. The molecule has 1 N–H and O–H groups in total. The molecule has 0 atom stereocenters. The summed E-state index contributed by atoms with van der Waals surface area (Å²) in [5.41, 5.74) is 1.76. The van der Waals surface area contributed by atoms with Crippen LogP contribution in [-0.4, -0.2) is 31.9 Å². The molecule has 2 aromatic rings. The number of nitrogens with one attached hydrogen (secondary N) is 1. The van der Waals surface area contributed by atoms with Gasteiger partial charge in [0, 0.05) is 31.3 Å². The van der Waals surface area contributed by atoms with E-state index in [0.717, 1.165) is 0 Å². The molecule has 1 heterocycles. The first-order chi connectivity index (χ1) is 13.0. The van der Waals surface area contributed by atoms with Crippen LogP contribution in [0.1, 0.15) is 16.7 Å². The van der Waals surface area contributed by atoms with E-state index in [2.05, 4.69) is 5.32 Å². The van der Waals surface area contributed by atoms with Crippen molar-refractivity contribution in [3.8, 4) is 11.5 Å². The zero-order valence-corrected chi connectivity index (χ0v) is 15.1. The second-order valence-corrected chi connectivity index (χ2v) is 6.15. The maximum Gasteiger partial charge on any atom is 0.317 e. The lowest BCUT2D eigenvalue weighted by atomic mass is 10.1. The minimum absolute atomic E-state index is 0.0858. The van der Waals surface area contributed by atoms with Crippen molar-refractivity contribution in [2.24, 2.45) is 0 Å². The molecule has 2 aromatic carbocycles. The Kier molecular flexibility index (Phi) is 5.75. The lowest BCUT2D eigenvalue weighted by Crippen LogP contribution is -2.36. The summed E-state index contributed by atoms with van der Waals surface area (Å²) in [5.74, 6) is -0.239. The zero-order chi connectivity index (χ0) is 19.4. The van der Waals surface area contributed by atoms with Gasteiger partial charge < -0.3 is 24.4 Å². The van der Waals surface area contributed by atoms with Crippen LogP contribution >= 0.6 is 0 Å². The molecule has 2 amide bonds. The van der Waals surface area contributed by atoms with Crippen LogP contribution in [0.15, 0.2) is 30.3 Å². The molecule has 144 valence electrons. The van der Waals surface area contributed by atoms with Crippen molar-refractivity contribution in [1.29, 1.82) is 0 Å². The highest BCUT2D eigenvalue weighted by atomic mass is 19.1. The molecule has 3 rings (SSSR count). The first-order valence-corrected chi connectivity index (χ1v) is 8.31. The summed E-state index contributed by atoms with van der Waals surface area (Å²) >= 11 is 0. The number of urea groups is 1. The number of hydrogen-bond acceptors (Lipinski definition) is 4.